The molecule has 2 N–H and O–H groups in total. The molecule has 4 nitrogen and oxygen atoms in total. The molecule has 1 rings (SSSR count). The molecule has 11 heavy (non-hydrogen) atoms. The molecule has 0 saturated carbocycles. The number of hydrogen-bond donors (Lipinski definition) is 2. The van der Waals surface area contributed by atoms with Crippen LogP contribution < -0.4 is 0 Å². The topological polar surface area (TPSA) is 70.7 Å². The number of carbonyl (C=O) groups excluding carboxylic acids is 1. The number of carbonyl (C=O) groups is 1. The van der Waals surface area contributed by atoms with E-state index in [9.17, 15) is 4.79 Å². The Morgan fingerprint density at radius 1 is 1.45 bits per heavy atom. The lowest BCUT2D eigenvalue weighted by Gasteiger charge is -1.89. The van der Waals surface area contributed by atoms with Crippen LogP contribution in [-0.2, 0) is 6.61 Å². The highest BCUT2D eigenvalue weighted by Crippen LogP contribution is 2.07. The van der Waals surface area contributed by atoms with Crippen LogP contribution >= 0.6 is 0 Å². The van der Waals surface area contributed by atoms with Crippen molar-refractivity contribution < 1.29 is 19.4 Å². The van der Waals surface area contributed by atoms with Gasteiger partial charge in [-0.1, -0.05) is 0 Å². The number of ketones is 1. The zero-order valence-corrected chi connectivity index (χ0v) is 5.78. The number of Topliss-reactive ketones (excluding diaryl/α,β-unsaturated/α-hetero) is 1. The van der Waals surface area contributed by atoms with Crippen LogP contribution in [0.3, 0.4) is 0 Å². The normalized spacial score (nSPS) is 10.0. The van der Waals surface area contributed by atoms with Gasteiger partial charge in [0, 0.05) is 0 Å². The molecule has 0 atom stereocenters. The van der Waals surface area contributed by atoms with Crippen molar-refractivity contribution >= 4 is 5.78 Å². The molecule has 0 aliphatic rings. The largest absolute Gasteiger partial charge is 0.455 e. The molecule has 1 aromatic rings. The molecule has 0 aromatic carbocycles. The summed E-state index contributed by atoms with van der Waals surface area (Å²) in [6.45, 7) is -0.808. The number of rotatable bonds is 3. The van der Waals surface area contributed by atoms with Crippen molar-refractivity contribution in [1.29, 1.82) is 0 Å². The minimum Gasteiger partial charge on any atom is -0.455 e. The highest BCUT2D eigenvalue weighted by molar-refractivity contribution is 5.94. The summed E-state index contributed by atoms with van der Waals surface area (Å²) < 4.78 is 4.83. The van der Waals surface area contributed by atoms with Crippen LogP contribution in [0.1, 0.15) is 16.3 Å². The lowest BCUT2D eigenvalue weighted by Crippen LogP contribution is -2.01. The number of furan rings is 1. The maximum atomic E-state index is 10.7. The average molecular weight is 156 g/mol. The van der Waals surface area contributed by atoms with E-state index in [0.29, 0.717) is 5.76 Å². The van der Waals surface area contributed by atoms with Crippen molar-refractivity contribution in [2.24, 2.45) is 0 Å². The average Bonchev–Trinajstić information content (AvgIpc) is 2.50. The summed E-state index contributed by atoms with van der Waals surface area (Å²) in [7, 11) is 0. The Kier molecular flexibility index (Phi) is 2.40. The van der Waals surface area contributed by atoms with Gasteiger partial charge in [-0.05, 0) is 12.1 Å². The molecular weight excluding hydrogens is 148 g/mol. The third kappa shape index (κ3) is 1.66. The standard InChI is InChI=1S/C7H8O4/c8-3-5-1-2-7(11-5)6(10)4-9/h1-2,8-9H,3-4H2. The fourth-order valence-electron chi connectivity index (χ4n) is 0.691. The predicted octanol–water partition coefficient (Wildman–Crippen LogP) is -0.0531. The monoisotopic (exact) mass is 156 g/mol. The van der Waals surface area contributed by atoms with E-state index in [4.69, 9.17) is 14.6 Å². The molecule has 0 spiro atoms. The van der Waals surface area contributed by atoms with Crippen molar-refractivity contribution in [3.63, 3.8) is 0 Å². The Morgan fingerprint density at radius 3 is 2.64 bits per heavy atom. The number of hydrogen-bond acceptors (Lipinski definition) is 4. The van der Waals surface area contributed by atoms with E-state index in [1.165, 1.54) is 12.1 Å². The van der Waals surface area contributed by atoms with Gasteiger partial charge in [0.05, 0.1) is 0 Å². The van der Waals surface area contributed by atoms with Gasteiger partial charge >= 0.3 is 0 Å². The van der Waals surface area contributed by atoms with Crippen molar-refractivity contribution in [3.8, 4) is 0 Å². The van der Waals surface area contributed by atoms with Crippen LogP contribution in [0.2, 0.25) is 0 Å². The van der Waals surface area contributed by atoms with Gasteiger partial charge in [-0.3, -0.25) is 4.79 Å². The number of aliphatic hydroxyl groups excluding tert-OH is 2. The highest BCUT2D eigenvalue weighted by Gasteiger charge is 2.08. The van der Waals surface area contributed by atoms with Gasteiger partial charge in [-0.2, -0.15) is 0 Å². The van der Waals surface area contributed by atoms with Crippen LogP contribution in [0.15, 0.2) is 16.5 Å². The molecule has 0 saturated heterocycles. The molecule has 1 aromatic heterocycles. The van der Waals surface area contributed by atoms with Crippen molar-refractivity contribution in [1.82, 2.24) is 0 Å². The number of aliphatic hydroxyl groups is 2. The smallest absolute Gasteiger partial charge is 0.223 e. The fourth-order valence-corrected chi connectivity index (χ4v) is 0.691. The van der Waals surface area contributed by atoms with Crippen LogP contribution in [-0.4, -0.2) is 22.6 Å². The molecule has 0 radical (unpaired) electrons. The first-order valence-corrected chi connectivity index (χ1v) is 3.11. The molecule has 1 heterocycles. The van der Waals surface area contributed by atoms with E-state index in [-0.39, 0.29) is 12.4 Å². The second-order valence-corrected chi connectivity index (χ2v) is 2.01. The molecule has 0 aliphatic carbocycles. The summed E-state index contributed by atoms with van der Waals surface area (Å²) in [6, 6.07) is 2.91. The Bertz CT molecular complexity index is 251. The molecule has 0 fully saturated rings. The van der Waals surface area contributed by atoms with Crippen molar-refractivity contribution in [2.75, 3.05) is 6.61 Å². The van der Waals surface area contributed by atoms with Gasteiger partial charge in [0.25, 0.3) is 0 Å². The van der Waals surface area contributed by atoms with E-state index in [2.05, 4.69) is 0 Å². The summed E-state index contributed by atoms with van der Waals surface area (Å²) in [5.41, 5.74) is 0. The molecule has 0 bridgehead atoms. The summed E-state index contributed by atoms with van der Waals surface area (Å²) >= 11 is 0. The second kappa shape index (κ2) is 3.32. The van der Waals surface area contributed by atoms with Gasteiger partial charge in [-0.25, -0.2) is 0 Å². The van der Waals surface area contributed by atoms with Crippen LogP contribution in [0.5, 0.6) is 0 Å². The highest BCUT2D eigenvalue weighted by atomic mass is 16.4. The van der Waals surface area contributed by atoms with E-state index >= 15 is 0 Å². The third-order valence-corrected chi connectivity index (χ3v) is 1.24. The first-order chi connectivity index (χ1) is 5.27. The van der Waals surface area contributed by atoms with Gasteiger partial charge in [0.2, 0.25) is 5.78 Å². The van der Waals surface area contributed by atoms with Crippen molar-refractivity contribution in [3.05, 3.63) is 23.7 Å². The molecule has 0 amide bonds. The lowest BCUT2D eigenvalue weighted by atomic mass is 10.3. The molecule has 0 aliphatic heterocycles. The Hall–Kier alpha value is -1.13. The Labute approximate surface area is 63.1 Å². The van der Waals surface area contributed by atoms with E-state index in [1.54, 1.807) is 0 Å². The first-order valence-electron chi connectivity index (χ1n) is 3.11. The molecule has 60 valence electrons. The van der Waals surface area contributed by atoms with Crippen LogP contribution in [0.4, 0.5) is 0 Å². The molecular formula is C7H8O4. The quantitative estimate of drug-likeness (QED) is 0.602. The zero-order chi connectivity index (χ0) is 8.27. The Balaban J connectivity index is 2.80. The van der Waals surface area contributed by atoms with Crippen LogP contribution in [0.25, 0.3) is 0 Å². The van der Waals surface area contributed by atoms with E-state index in [0.717, 1.165) is 0 Å². The fraction of sp³-hybridized carbons (Fsp3) is 0.286. The third-order valence-electron chi connectivity index (χ3n) is 1.24. The second-order valence-electron chi connectivity index (χ2n) is 2.01. The van der Waals surface area contributed by atoms with Gasteiger partial charge in [0.1, 0.15) is 19.0 Å². The minimum atomic E-state index is -0.571. The SMILES string of the molecule is O=C(CO)c1ccc(CO)o1. The van der Waals surface area contributed by atoms with Crippen LogP contribution in [0, 0.1) is 0 Å². The Morgan fingerprint density at radius 2 is 2.18 bits per heavy atom. The lowest BCUT2D eigenvalue weighted by molar-refractivity contribution is 0.0871. The molecule has 0 unspecified atom stereocenters. The van der Waals surface area contributed by atoms with E-state index < -0.39 is 12.4 Å². The zero-order valence-electron chi connectivity index (χ0n) is 5.78. The van der Waals surface area contributed by atoms with E-state index in [1.807, 2.05) is 0 Å². The minimum absolute atomic E-state index is 0.0801. The van der Waals surface area contributed by atoms with Gasteiger partial charge in [-0.15, -0.1) is 0 Å². The van der Waals surface area contributed by atoms with Gasteiger partial charge < -0.3 is 14.6 Å². The summed E-state index contributed by atoms with van der Waals surface area (Å²) in [5.74, 6) is -0.0805. The molecule has 4 heteroatoms. The summed E-state index contributed by atoms with van der Waals surface area (Å²) in [4.78, 5) is 10.7. The summed E-state index contributed by atoms with van der Waals surface area (Å²) in [6.07, 6.45) is 0. The maximum absolute atomic E-state index is 10.7. The van der Waals surface area contributed by atoms with Crippen molar-refractivity contribution in [2.45, 2.75) is 6.61 Å². The predicted molar refractivity (Wildman–Crippen MR) is 36.0 cm³/mol. The first kappa shape index (κ1) is 7.97. The maximum Gasteiger partial charge on any atom is 0.223 e. The summed E-state index contributed by atoms with van der Waals surface area (Å²) in [5, 5.41) is 16.9. The van der Waals surface area contributed by atoms with Gasteiger partial charge in [0.15, 0.2) is 5.76 Å².